The van der Waals surface area contributed by atoms with Crippen LogP contribution in [0.4, 0.5) is 0 Å². The van der Waals surface area contributed by atoms with Crippen molar-refractivity contribution < 1.29 is 52.7 Å². The molecule has 0 unspecified atom stereocenters. The summed E-state index contributed by atoms with van der Waals surface area (Å²) in [6.07, 6.45) is -3.63. The van der Waals surface area contributed by atoms with E-state index in [0.717, 1.165) is 17.2 Å². The van der Waals surface area contributed by atoms with Crippen molar-refractivity contribution in [1.29, 1.82) is 0 Å². The minimum atomic E-state index is -4.92. The van der Waals surface area contributed by atoms with E-state index >= 15 is 0 Å². The predicted octanol–water partition coefficient (Wildman–Crippen LogP) is -1.97. The number of fused-ring (bicyclic) bond motifs is 1. The van der Waals surface area contributed by atoms with Gasteiger partial charge in [-0.25, -0.2) is 19.1 Å². The second-order valence-corrected chi connectivity index (χ2v) is 7.82. The van der Waals surface area contributed by atoms with Crippen LogP contribution in [0.25, 0.3) is 11.2 Å². The number of imidazole rings is 1. The van der Waals surface area contributed by atoms with Gasteiger partial charge in [0, 0.05) is 0 Å². The van der Waals surface area contributed by atoms with Crippen molar-refractivity contribution in [2.75, 3.05) is 6.61 Å². The highest BCUT2D eigenvalue weighted by molar-refractivity contribution is 7.46. The molecule has 0 radical (unpaired) electrons. The number of aliphatic hydroxyl groups excluding tert-OH is 2. The first-order chi connectivity index (χ1) is 12.5. The van der Waals surface area contributed by atoms with Crippen molar-refractivity contribution in [1.82, 2.24) is 19.5 Å². The lowest BCUT2D eigenvalue weighted by atomic mass is 10.1. The lowest BCUT2D eigenvalue weighted by Gasteiger charge is -2.16. The molecule has 0 spiro atoms. The van der Waals surface area contributed by atoms with E-state index in [2.05, 4.69) is 24.0 Å². The van der Waals surface area contributed by atoms with Gasteiger partial charge in [-0.15, -0.1) is 0 Å². The number of phosphoric ester groups is 2. The minimum Gasteiger partial charge on any atom is -0.387 e. The van der Waals surface area contributed by atoms with Crippen LogP contribution in [-0.2, 0) is 18.4 Å². The fourth-order valence-electron chi connectivity index (χ4n) is 2.46. The molecule has 27 heavy (non-hydrogen) atoms. The Balaban J connectivity index is 1.88. The highest BCUT2D eigenvalue weighted by atomic mass is 31.2. The largest absolute Gasteiger partial charge is 0.526 e. The van der Waals surface area contributed by atoms with Crippen molar-refractivity contribution in [3.63, 3.8) is 0 Å². The maximum Gasteiger partial charge on any atom is 0.526 e. The molecule has 4 atom stereocenters. The molecule has 3 rings (SSSR count). The topological polar surface area (TPSA) is 227 Å². The Hall–Kier alpha value is -1.51. The van der Waals surface area contributed by atoms with E-state index in [0.29, 0.717) is 0 Å². The lowest BCUT2D eigenvalue weighted by Crippen LogP contribution is -2.33. The summed E-state index contributed by atoms with van der Waals surface area (Å²) in [6.45, 7) is -0.701. The van der Waals surface area contributed by atoms with Crippen LogP contribution in [0.2, 0.25) is 0 Å². The van der Waals surface area contributed by atoms with Gasteiger partial charge < -0.3 is 29.3 Å². The van der Waals surface area contributed by atoms with E-state index in [9.17, 15) is 19.3 Å². The summed E-state index contributed by atoms with van der Waals surface area (Å²) in [5, 5.41) is 20.2. The maximum atomic E-state index is 11.0. The number of hydrogen-bond acceptors (Lipinski definition) is 10. The van der Waals surface area contributed by atoms with Crippen LogP contribution in [0, 0.1) is 0 Å². The Bertz CT molecular complexity index is 925. The van der Waals surface area contributed by atoms with Crippen LogP contribution < -0.4 is 4.52 Å². The fraction of sp³-hybridized carbons (Fsp3) is 0.500. The molecule has 17 heteroatoms. The van der Waals surface area contributed by atoms with Crippen LogP contribution in [0.5, 0.6) is 5.88 Å². The molecule has 2 aromatic heterocycles. The molecule has 1 fully saturated rings. The average Bonchev–Trinajstić information content (AvgIpc) is 3.07. The molecule has 15 nitrogen and oxygen atoms in total. The number of rotatable bonds is 6. The molecule has 0 saturated carbocycles. The standard InChI is InChI=1S/C10H14N4O11P2/c15-6-4(1-23-26(17,18)19)24-10(7(6)16)14-3-13-5-8(14)11-2-12-9(5)25-27(20,21)22/h2-4,6-7,10,15-16H,1H2,(H2,17,18,19)(H2,20,21,22)/t4-,6-,7-,10-/m1/s1. The maximum absolute atomic E-state index is 11.0. The number of nitrogens with zero attached hydrogens (tertiary/aromatic N) is 4. The lowest BCUT2D eigenvalue weighted by molar-refractivity contribution is -0.0504. The van der Waals surface area contributed by atoms with Crippen molar-refractivity contribution in [3.05, 3.63) is 12.7 Å². The first-order valence-corrected chi connectivity index (χ1v) is 10.2. The molecule has 3 heterocycles. The Morgan fingerprint density at radius 1 is 1.07 bits per heavy atom. The first-order valence-electron chi connectivity index (χ1n) is 7.10. The van der Waals surface area contributed by atoms with E-state index in [-0.39, 0.29) is 11.2 Å². The van der Waals surface area contributed by atoms with E-state index in [4.69, 9.17) is 24.3 Å². The molecule has 0 aliphatic carbocycles. The van der Waals surface area contributed by atoms with Crippen LogP contribution in [0.1, 0.15) is 6.23 Å². The van der Waals surface area contributed by atoms with Gasteiger partial charge in [-0.2, -0.15) is 4.98 Å². The summed E-state index contributed by atoms with van der Waals surface area (Å²) in [4.78, 5) is 46.6. The van der Waals surface area contributed by atoms with Gasteiger partial charge in [0.25, 0.3) is 5.88 Å². The number of hydrogen-bond donors (Lipinski definition) is 6. The second-order valence-electron chi connectivity index (χ2n) is 5.42. The van der Waals surface area contributed by atoms with Crippen molar-refractivity contribution in [2.24, 2.45) is 0 Å². The second kappa shape index (κ2) is 7.14. The van der Waals surface area contributed by atoms with Gasteiger partial charge in [-0.05, 0) is 0 Å². The molecule has 0 amide bonds. The number of aliphatic hydroxyl groups is 2. The Morgan fingerprint density at radius 2 is 1.78 bits per heavy atom. The van der Waals surface area contributed by atoms with Crippen molar-refractivity contribution in [3.8, 4) is 5.88 Å². The van der Waals surface area contributed by atoms with Crippen LogP contribution in [0.3, 0.4) is 0 Å². The van der Waals surface area contributed by atoms with E-state index in [1.165, 1.54) is 0 Å². The third-order valence-electron chi connectivity index (χ3n) is 3.55. The van der Waals surface area contributed by atoms with Gasteiger partial charge in [0.05, 0.1) is 12.9 Å². The summed E-state index contributed by atoms with van der Waals surface area (Å²) in [6, 6.07) is 0. The average molecular weight is 428 g/mol. The third-order valence-corrected chi connectivity index (χ3v) is 4.45. The Labute approximate surface area is 149 Å². The Morgan fingerprint density at radius 3 is 2.41 bits per heavy atom. The SMILES string of the molecule is O=P(O)(O)OC[C@H]1O[C@@H](n2cnc3c(OP(=O)(O)O)ncnc32)[C@H](O)[C@@H]1O. The van der Waals surface area contributed by atoms with Crippen LogP contribution >= 0.6 is 15.6 Å². The monoisotopic (exact) mass is 428 g/mol. The summed E-state index contributed by atoms with van der Waals surface area (Å²) < 4.78 is 37.0. The molecule has 150 valence electrons. The van der Waals surface area contributed by atoms with E-state index in [1.54, 1.807) is 0 Å². The summed E-state index contributed by atoms with van der Waals surface area (Å²) in [7, 11) is -9.73. The Kier molecular flexibility index (Phi) is 5.35. The smallest absolute Gasteiger partial charge is 0.387 e. The molecular formula is C10H14N4O11P2. The van der Waals surface area contributed by atoms with Crippen molar-refractivity contribution >= 4 is 26.8 Å². The van der Waals surface area contributed by atoms with Crippen molar-refractivity contribution in [2.45, 2.75) is 24.5 Å². The highest BCUT2D eigenvalue weighted by Crippen LogP contribution is 2.41. The zero-order valence-electron chi connectivity index (χ0n) is 13.1. The zero-order chi connectivity index (χ0) is 20.0. The van der Waals surface area contributed by atoms with Gasteiger partial charge in [0.15, 0.2) is 17.4 Å². The van der Waals surface area contributed by atoms with E-state index < -0.39 is 52.7 Å². The molecule has 1 saturated heterocycles. The third kappa shape index (κ3) is 4.50. The molecule has 0 bridgehead atoms. The quantitative estimate of drug-likeness (QED) is 0.274. The number of ether oxygens (including phenoxy) is 1. The molecule has 1 aliphatic rings. The molecule has 0 aromatic carbocycles. The van der Waals surface area contributed by atoms with Gasteiger partial charge in [0.1, 0.15) is 24.6 Å². The summed E-state index contributed by atoms with van der Waals surface area (Å²) in [5.41, 5.74) is -0.192. The van der Waals surface area contributed by atoms with Gasteiger partial charge in [-0.3, -0.25) is 18.9 Å². The number of phosphoric acid groups is 2. The first kappa shape index (κ1) is 20.2. The molecular weight excluding hydrogens is 414 g/mol. The van der Waals surface area contributed by atoms with Crippen LogP contribution in [-0.4, -0.2) is 74.2 Å². The molecule has 6 N–H and O–H groups in total. The normalized spacial score (nSPS) is 26.6. The highest BCUT2D eigenvalue weighted by Gasteiger charge is 2.45. The predicted molar refractivity (Wildman–Crippen MR) is 81.9 cm³/mol. The molecule has 2 aromatic rings. The van der Waals surface area contributed by atoms with Crippen LogP contribution in [0.15, 0.2) is 12.7 Å². The molecule has 1 aliphatic heterocycles. The van der Waals surface area contributed by atoms with Gasteiger partial charge in [0.2, 0.25) is 0 Å². The van der Waals surface area contributed by atoms with Gasteiger partial charge in [-0.1, -0.05) is 0 Å². The van der Waals surface area contributed by atoms with Gasteiger partial charge >= 0.3 is 15.6 Å². The minimum absolute atomic E-state index is 0.0405. The zero-order valence-corrected chi connectivity index (χ0v) is 14.9. The van der Waals surface area contributed by atoms with E-state index in [1.807, 2.05) is 0 Å². The number of aromatic nitrogens is 4. The summed E-state index contributed by atoms with van der Waals surface area (Å²) >= 11 is 0. The fourth-order valence-corrected chi connectivity index (χ4v) is 3.16. The summed E-state index contributed by atoms with van der Waals surface area (Å²) in [5.74, 6) is -0.512.